The maximum absolute atomic E-state index is 7.65. The van der Waals surface area contributed by atoms with Crippen molar-refractivity contribution in [3.05, 3.63) is 105 Å². The minimum absolute atomic E-state index is 0.360. The van der Waals surface area contributed by atoms with E-state index in [2.05, 4.69) is 89.6 Å². The van der Waals surface area contributed by atoms with Gasteiger partial charge in [-0.1, -0.05) is 29.8 Å². The van der Waals surface area contributed by atoms with Crippen LogP contribution >= 0.6 is 0 Å². The van der Waals surface area contributed by atoms with Gasteiger partial charge in [0.25, 0.3) is 0 Å². The molecule has 2 nitrogen and oxygen atoms in total. The average Bonchev–Trinajstić information content (AvgIpc) is 2.80. The van der Waals surface area contributed by atoms with Gasteiger partial charge in [0.05, 0.1) is 0 Å². The summed E-state index contributed by atoms with van der Waals surface area (Å²) in [5.41, 5.74) is 13.8. The Labute approximate surface area is 210 Å². The lowest BCUT2D eigenvalue weighted by Crippen LogP contribution is -2.35. The van der Waals surface area contributed by atoms with Crippen molar-refractivity contribution in [2.45, 2.75) is 55.3 Å². The Morgan fingerprint density at radius 2 is 1.15 bits per heavy atom. The summed E-state index contributed by atoms with van der Waals surface area (Å²) in [7, 11) is 3.96. The standard InChI is InChI=1S/2C16H20N/c1-11-6-9-15(13(3)10-11)16-12(2)7-8-14(4)17(16)5;1-11-7-6-8-15(14(11)4)16-12(2)9-10-13(3)17(16)5/h2*6-10H,1-5H3/q2*+1/i;3D3. The molecule has 0 atom stereocenters. The molecule has 0 fully saturated rings. The maximum atomic E-state index is 7.65. The molecule has 0 N–H and O–H groups in total. The fourth-order valence-corrected chi connectivity index (χ4v) is 4.53. The van der Waals surface area contributed by atoms with Crippen LogP contribution in [-0.4, -0.2) is 0 Å². The summed E-state index contributed by atoms with van der Waals surface area (Å²) in [5.74, 6) is 0. The highest BCUT2D eigenvalue weighted by molar-refractivity contribution is 5.66. The highest BCUT2D eigenvalue weighted by Crippen LogP contribution is 2.26. The third kappa shape index (κ3) is 5.12. The predicted octanol–water partition coefficient (Wildman–Crippen LogP) is 6.82. The van der Waals surface area contributed by atoms with Crippen LogP contribution in [-0.2, 0) is 14.1 Å². The van der Waals surface area contributed by atoms with E-state index in [0.29, 0.717) is 5.69 Å². The zero-order valence-electron chi connectivity index (χ0n) is 25.2. The lowest BCUT2D eigenvalue weighted by Gasteiger charge is -2.10. The Morgan fingerprint density at radius 3 is 1.76 bits per heavy atom. The molecule has 2 heterocycles. The molecular weight excluding hydrogens is 412 g/mol. The zero-order valence-corrected chi connectivity index (χ0v) is 22.2. The molecule has 0 bridgehead atoms. The maximum Gasteiger partial charge on any atom is 0.215 e. The van der Waals surface area contributed by atoms with Crippen LogP contribution in [0.2, 0.25) is 0 Å². The molecule has 0 unspecified atom stereocenters. The van der Waals surface area contributed by atoms with Crippen LogP contribution in [0, 0.1) is 55.3 Å². The Balaban J connectivity index is 0.000000208. The van der Waals surface area contributed by atoms with Gasteiger partial charge < -0.3 is 0 Å². The van der Waals surface area contributed by atoms with E-state index in [-0.39, 0.29) is 0 Å². The summed E-state index contributed by atoms with van der Waals surface area (Å²) in [6, 6.07) is 20.7. The number of benzene rings is 2. The molecule has 0 saturated heterocycles. The molecular formula is C32H40N2+2. The van der Waals surface area contributed by atoms with Gasteiger partial charge in [0.1, 0.15) is 14.1 Å². The SMILES string of the molecule is Cc1ccc(-c2c(C)ccc(C)[n+]2C)c(C)c1.[2H]C([2H])([2H])c1ccc(C)c(-c2cccc(C)c2C)[n+]1C. The van der Waals surface area contributed by atoms with Gasteiger partial charge >= 0.3 is 0 Å². The first kappa shape index (κ1) is 21.3. The second kappa shape index (κ2) is 10.3. The molecule has 0 amide bonds. The van der Waals surface area contributed by atoms with Gasteiger partial charge in [-0.3, -0.25) is 0 Å². The van der Waals surface area contributed by atoms with E-state index < -0.39 is 6.85 Å². The molecule has 4 aromatic rings. The van der Waals surface area contributed by atoms with E-state index in [1.165, 1.54) is 44.8 Å². The summed E-state index contributed by atoms with van der Waals surface area (Å²) in [6.07, 6.45) is 0. The third-order valence-corrected chi connectivity index (χ3v) is 6.87. The molecule has 176 valence electrons. The van der Waals surface area contributed by atoms with Crippen molar-refractivity contribution in [2.24, 2.45) is 14.1 Å². The van der Waals surface area contributed by atoms with Gasteiger partial charge in [0, 0.05) is 52.3 Å². The van der Waals surface area contributed by atoms with Crippen molar-refractivity contribution < 1.29 is 13.2 Å². The largest absolute Gasteiger partial charge is 0.215 e. The van der Waals surface area contributed by atoms with Crippen LogP contribution < -0.4 is 9.13 Å². The summed E-state index contributed by atoms with van der Waals surface area (Å²) in [6.45, 7) is 12.7. The number of nitrogens with zero attached hydrogens (tertiary/aromatic N) is 2. The highest BCUT2D eigenvalue weighted by atomic mass is 14.9. The summed E-state index contributed by atoms with van der Waals surface area (Å²) < 4.78 is 27.0. The van der Waals surface area contributed by atoms with Crippen LogP contribution in [0.3, 0.4) is 0 Å². The van der Waals surface area contributed by atoms with Crippen LogP contribution in [0.15, 0.2) is 60.7 Å². The number of aryl methyl sites for hydroxylation is 7. The van der Waals surface area contributed by atoms with E-state index in [1.54, 1.807) is 10.6 Å². The highest BCUT2D eigenvalue weighted by Gasteiger charge is 2.18. The molecule has 34 heavy (non-hydrogen) atoms. The normalized spacial score (nSPS) is 12.3. The van der Waals surface area contributed by atoms with Gasteiger partial charge in [0.2, 0.25) is 11.4 Å². The Hall–Kier alpha value is -3.26. The average molecular weight is 456 g/mol. The van der Waals surface area contributed by atoms with E-state index >= 15 is 0 Å². The molecule has 2 aromatic heterocycles. The number of pyridine rings is 2. The number of hydrogen-bond donors (Lipinski definition) is 0. The van der Waals surface area contributed by atoms with Crippen LogP contribution in [0.25, 0.3) is 22.5 Å². The van der Waals surface area contributed by atoms with Gasteiger partial charge in [-0.25, -0.2) is 0 Å². The van der Waals surface area contributed by atoms with Crippen molar-refractivity contribution >= 4 is 0 Å². The smallest absolute Gasteiger partial charge is 0.198 e. The lowest BCUT2D eigenvalue weighted by molar-refractivity contribution is -0.667. The molecule has 2 heteroatoms. The quantitative estimate of drug-likeness (QED) is 0.293. The molecule has 0 aliphatic rings. The zero-order chi connectivity index (χ0) is 27.7. The third-order valence-electron chi connectivity index (χ3n) is 6.87. The second-order valence-corrected chi connectivity index (χ2v) is 9.44. The first-order valence-corrected chi connectivity index (χ1v) is 11.8. The van der Waals surface area contributed by atoms with Crippen LogP contribution in [0.1, 0.15) is 48.9 Å². The van der Waals surface area contributed by atoms with Gasteiger partial charge in [-0.15, -0.1) is 0 Å². The van der Waals surface area contributed by atoms with Crippen LogP contribution in [0.5, 0.6) is 0 Å². The minimum atomic E-state index is -2.10. The Morgan fingerprint density at radius 1 is 0.559 bits per heavy atom. The summed E-state index contributed by atoms with van der Waals surface area (Å²) >= 11 is 0. The Bertz CT molecular complexity index is 1450. The van der Waals surface area contributed by atoms with E-state index in [9.17, 15) is 0 Å². The molecule has 0 spiro atoms. The molecule has 0 saturated carbocycles. The van der Waals surface area contributed by atoms with Crippen molar-refractivity contribution in [1.29, 1.82) is 0 Å². The van der Waals surface area contributed by atoms with E-state index in [0.717, 1.165) is 16.8 Å². The summed E-state index contributed by atoms with van der Waals surface area (Å²) in [5, 5.41) is 0. The second-order valence-electron chi connectivity index (χ2n) is 9.44. The number of aromatic nitrogens is 2. The molecule has 4 rings (SSSR count). The fraction of sp³-hybridized carbons (Fsp3) is 0.312. The minimum Gasteiger partial charge on any atom is -0.198 e. The monoisotopic (exact) mass is 455 g/mol. The van der Waals surface area contributed by atoms with Crippen molar-refractivity contribution in [1.82, 2.24) is 0 Å². The fourth-order valence-electron chi connectivity index (χ4n) is 4.53. The van der Waals surface area contributed by atoms with Crippen molar-refractivity contribution in [3.8, 4) is 22.5 Å². The topological polar surface area (TPSA) is 7.76 Å². The van der Waals surface area contributed by atoms with E-state index in [4.69, 9.17) is 4.11 Å². The molecule has 0 aliphatic carbocycles. The van der Waals surface area contributed by atoms with E-state index in [1.807, 2.05) is 32.2 Å². The van der Waals surface area contributed by atoms with Crippen molar-refractivity contribution in [3.63, 3.8) is 0 Å². The Kier molecular flexibility index (Phi) is 6.47. The van der Waals surface area contributed by atoms with Crippen LogP contribution in [0.4, 0.5) is 0 Å². The number of rotatable bonds is 2. The lowest BCUT2D eigenvalue weighted by atomic mass is 9.97. The van der Waals surface area contributed by atoms with Gasteiger partial charge in [-0.05, 0) is 82.5 Å². The first-order valence-electron chi connectivity index (χ1n) is 13.3. The first-order chi connectivity index (χ1) is 17.2. The number of hydrogen-bond acceptors (Lipinski definition) is 0. The molecule has 0 radical (unpaired) electrons. The molecule has 2 aromatic carbocycles. The van der Waals surface area contributed by atoms with Gasteiger partial charge in [-0.2, -0.15) is 9.13 Å². The summed E-state index contributed by atoms with van der Waals surface area (Å²) in [4.78, 5) is 0. The van der Waals surface area contributed by atoms with Crippen molar-refractivity contribution in [2.75, 3.05) is 0 Å². The molecule has 0 aliphatic heterocycles. The van der Waals surface area contributed by atoms with Gasteiger partial charge in [0.15, 0.2) is 11.4 Å². The predicted molar refractivity (Wildman–Crippen MR) is 144 cm³/mol.